The molecule has 0 radical (unpaired) electrons. The fraction of sp³-hybridized carbons (Fsp3) is 0.167. The predicted octanol–water partition coefficient (Wildman–Crippen LogP) is 2.99. The summed E-state index contributed by atoms with van der Waals surface area (Å²) in [6, 6.07) is 4.06. The summed E-state index contributed by atoms with van der Waals surface area (Å²) in [6.45, 7) is 0. The van der Waals surface area contributed by atoms with Crippen LogP contribution in [0.25, 0.3) is 0 Å². The highest BCUT2D eigenvalue weighted by Gasteiger charge is 2.16. The van der Waals surface area contributed by atoms with Crippen molar-refractivity contribution in [1.29, 1.82) is 0 Å². The number of non-ortho nitro benzene ring substituents is 1. The first-order valence-corrected chi connectivity index (χ1v) is 6.54. The van der Waals surface area contributed by atoms with Gasteiger partial charge in [-0.15, -0.1) is 0 Å². The normalized spacial score (nSPS) is 10.0. The van der Waals surface area contributed by atoms with Crippen LogP contribution in [0.15, 0.2) is 29.0 Å². The van der Waals surface area contributed by atoms with Crippen molar-refractivity contribution in [2.75, 3.05) is 19.5 Å². The van der Waals surface area contributed by atoms with Gasteiger partial charge in [-0.2, -0.15) is 0 Å². The van der Waals surface area contributed by atoms with E-state index in [9.17, 15) is 10.1 Å². The number of nitrogens with zero attached hydrogens (tertiary/aromatic N) is 3. The Labute approximate surface area is 128 Å². The van der Waals surface area contributed by atoms with Gasteiger partial charge in [-0.25, -0.2) is 9.97 Å². The molecule has 0 saturated carbocycles. The molecule has 1 aromatic heterocycles. The second-order valence-corrected chi connectivity index (χ2v) is 4.58. The van der Waals surface area contributed by atoms with Gasteiger partial charge in [-0.3, -0.25) is 10.1 Å². The number of methoxy groups -OCH3 is 1. The van der Waals surface area contributed by atoms with E-state index in [1.165, 1.54) is 31.6 Å². The number of rotatable bonds is 5. The van der Waals surface area contributed by atoms with Gasteiger partial charge in [-0.05, 0) is 22.0 Å². The van der Waals surface area contributed by atoms with Crippen molar-refractivity contribution in [2.45, 2.75) is 0 Å². The maximum absolute atomic E-state index is 10.7. The van der Waals surface area contributed by atoms with Gasteiger partial charge in [0.15, 0.2) is 11.5 Å². The summed E-state index contributed by atoms with van der Waals surface area (Å²) in [7, 11) is 3.11. The highest BCUT2D eigenvalue weighted by atomic mass is 79.9. The zero-order valence-electron chi connectivity index (χ0n) is 11.2. The third-order valence-corrected chi connectivity index (χ3v) is 3.27. The van der Waals surface area contributed by atoms with E-state index in [1.807, 2.05) is 0 Å². The van der Waals surface area contributed by atoms with Crippen molar-refractivity contribution < 1.29 is 14.4 Å². The molecule has 0 aliphatic rings. The van der Waals surface area contributed by atoms with Crippen molar-refractivity contribution in [3.05, 3.63) is 39.1 Å². The molecule has 0 unspecified atom stereocenters. The molecule has 1 aromatic carbocycles. The van der Waals surface area contributed by atoms with E-state index in [1.54, 1.807) is 7.05 Å². The van der Waals surface area contributed by atoms with E-state index < -0.39 is 4.92 Å². The number of nitro benzene ring substituents is 1. The zero-order valence-corrected chi connectivity index (χ0v) is 12.7. The van der Waals surface area contributed by atoms with E-state index in [0.717, 1.165) is 0 Å². The molecule has 2 aromatic rings. The number of halogens is 1. The summed E-state index contributed by atoms with van der Waals surface area (Å²) < 4.78 is 11.3. The van der Waals surface area contributed by atoms with Crippen LogP contribution in [0.2, 0.25) is 0 Å². The van der Waals surface area contributed by atoms with E-state index in [4.69, 9.17) is 9.47 Å². The third-order valence-electron chi connectivity index (χ3n) is 2.56. The largest absolute Gasteiger partial charge is 0.493 e. The smallest absolute Gasteiger partial charge is 0.273 e. The summed E-state index contributed by atoms with van der Waals surface area (Å²) in [4.78, 5) is 18.3. The number of hydrogen-bond acceptors (Lipinski definition) is 7. The van der Waals surface area contributed by atoms with Gasteiger partial charge in [0.2, 0.25) is 5.88 Å². The molecule has 21 heavy (non-hydrogen) atoms. The Hall–Kier alpha value is -2.42. The molecule has 8 nitrogen and oxygen atoms in total. The summed E-state index contributed by atoms with van der Waals surface area (Å²) in [5.74, 6) is 1.37. The van der Waals surface area contributed by atoms with Gasteiger partial charge < -0.3 is 14.8 Å². The topological polar surface area (TPSA) is 99.4 Å². The van der Waals surface area contributed by atoms with Crippen LogP contribution in [0.5, 0.6) is 17.4 Å². The SMILES string of the molecule is CNc1ncnc(Oc2ccc([N+](=O)[O-])cc2OC)c1Br. The summed E-state index contributed by atoms with van der Waals surface area (Å²) in [5, 5.41) is 13.6. The van der Waals surface area contributed by atoms with Crippen LogP contribution in [-0.2, 0) is 0 Å². The van der Waals surface area contributed by atoms with E-state index in [2.05, 4.69) is 31.2 Å². The van der Waals surface area contributed by atoms with Crippen LogP contribution in [0.1, 0.15) is 0 Å². The predicted molar refractivity (Wildman–Crippen MR) is 79.0 cm³/mol. The molecule has 1 heterocycles. The van der Waals surface area contributed by atoms with E-state index >= 15 is 0 Å². The molecule has 2 rings (SSSR count). The maximum Gasteiger partial charge on any atom is 0.273 e. The summed E-state index contributed by atoms with van der Waals surface area (Å²) in [5.41, 5.74) is -0.0862. The Bertz CT molecular complexity index is 680. The fourth-order valence-electron chi connectivity index (χ4n) is 1.56. The zero-order chi connectivity index (χ0) is 15.4. The Balaban J connectivity index is 2.38. The van der Waals surface area contributed by atoms with Gasteiger partial charge in [0.25, 0.3) is 5.69 Å². The highest BCUT2D eigenvalue weighted by Crippen LogP contribution is 2.37. The monoisotopic (exact) mass is 354 g/mol. The number of nitro groups is 1. The lowest BCUT2D eigenvalue weighted by Gasteiger charge is -2.11. The van der Waals surface area contributed by atoms with Gasteiger partial charge in [-0.1, -0.05) is 0 Å². The maximum atomic E-state index is 10.7. The quantitative estimate of drug-likeness (QED) is 0.650. The minimum Gasteiger partial charge on any atom is -0.493 e. The molecule has 0 saturated heterocycles. The minimum atomic E-state index is -0.508. The van der Waals surface area contributed by atoms with E-state index in [0.29, 0.717) is 16.0 Å². The van der Waals surface area contributed by atoms with Crippen molar-refractivity contribution in [3.8, 4) is 17.4 Å². The molecular formula is C12H11BrN4O4. The van der Waals surface area contributed by atoms with Crippen LogP contribution in [0.3, 0.4) is 0 Å². The lowest BCUT2D eigenvalue weighted by atomic mass is 10.3. The minimum absolute atomic E-state index is 0.0862. The molecule has 0 atom stereocenters. The summed E-state index contributed by atoms with van der Waals surface area (Å²) >= 11 is 3.32. The van der Waals surface area contributed by atoms with Crippen LogP contribution in [0, 0.1) is 10.1 Å². The number of benzene rings is 1. The average molecular weight is 355 g/mol. The van der Waals surface area contributed by atoms with Crippen LogP contribution < -0.4 is 14.8 Å². The average Bonchev–Trinajstić information content (AvgIpc) is 2.49. The Morgan fingerprint density at radius 1 is 1.33 bits per heavy atom. The second-order valence-electron chi connectivity index (χ2n) is 3.79. The molecule has 0 amide bonds. The number of hydrogen-bond donors (Lipinski definition) is 1. The molecule has 9 heteroatoms. The fourth-order valence-corrected chi connectivity index (χ4v) is 2.04. The van der Waals surface area contributed by atoms with Crippen LogP contribution in [0.4, 0.5) is 11.5 Å². The third kappa shape index (κ3) is 3.19. The highest BCUT2D eigenvalue weighted by molar-refractivity contribution is 9.10. The van der Waals surface area contributed by atoms with Crippen molar-refractivity contribution in [1.82, 2.24) is 9.97 Å². The summed E-state index contributed by atoms with van der Waals surface area (Å²) in [6.07, 6.45) is 1.34. The molecule has 0 bridgehead atoms. The van der Waals surface area contributed by atoms with Crippen LogP contribution >= 0.6 is 15.9 Å². The molecular weight excluding hydrogens is 344 g/mol. The molecule has 0 fully saturated rings. The molecule has 0 spiro atoms. The van der Waals surface area contributed by atoms with Gasteiger partial charge in [0, 0.05) is 13.1 Å². The van der Waals surface area contributed by atoms with Gasteiger partial charge >= 0.3 is 0 Å². The van der Waals surface area contributed by atoms with E-state index in [-0.39, 0.29) is 17.3 Å². The van der Waals surface area contributed by atoms with Crippen molar-refractivity contribution in [3.63, 3.8) is 0 Å². The molecule has 0 aliphatic carbocycles. The van der Waals surface area contributed by atoms with Crippen LogP contribution in [-0.4, -0.2) is 29.0 Å². The number of anilines is 1. The first-order valence-electron chi connectivity index (χ1n) is 5.75. The molecule has 110 valence electrons. The van der Waals surface area contributed by atoms with Crippen molar-refractivity contribution in [2.24, 2.45) is 0 Å². The standard InChI is InChI=1S/C12H11BrN4O4/c1-14-11-10(13)12(16-6-15-11)21-8-4-3-7(17(18)19)5-9(8)20-2/h3-6H,1-2H3,(H,14,15,16). The number of ether oxygens (including phenoxy) is 2. The Morgan fingerprint density at radius 2 is 2.10 bits per heavy atom. The first-order chi connectivity index (χ1) is 10.1. The Kier molecular flexibility index (Phi) is 4.53. The Morgan fingerprint density at radius 3 is 2.71 bits per heavy atom. The van der Waals surface area contributed by atoms with Crippen molar-refractivity contribution >= 4 is 27.4 Å². The van der Waals surface area contributed by atoms with Gasteiger partial charge in [0.1, 0.15) is 16.6 Å². The molecule has 1 N–H and O–H groups in total. The van der Waals surface area contributed by atoms with Gasteiger partial charge in [0.05, 0.1) is 18.1 Å². The number of aromatic nitrogens is 2. The lowest BCUT2D eigenvalue weighted by Crippen LogP contribution is -1.99. The first kappa shape index (κ1) is 15.0. The number of nitrogens with one attached hydrogen (secondary N) is 1. The lowest BCUT2D eigenvalue weighted by molar-refractivity contribution is -0.384. The second kappa shape index (κ2) is 6.35. The molecule has 0 aliphatic heterocycles.